The van der Waals surface area contributed by atoms with Crippen LogP contribution in [0.4, 0.5) is 14.5 Å². The van der Waals surface area contributed by atoms with E-state index >= 15 is 0 Å². The number of nitrogens with zero attached hydrogens (tertiary/aromatic N) is 1. The van der Waals surface area contributed by atoms with Gasteiger partial charge >= 0.3 is 0 Å². The maximum absolute atomic E-state index is 12.3. The number of aromatic nitrogens is 1. The van der Waals surface area contributed by atoms with E-state index in [4.69, 9.17) is 10.8 Å². The molecule has 0 saturated heterocycles. The predicted octanol–water partition coefficient (Wildman–Crippen LogP) is 1.70. The number of rotatable bonds is 2. The van der Waals surface area contributed by atoms with E-state index in [0.717, 1.165) is 6.07 Å². The second-order valence-corrected chi connectivity index (χ2v) is 3.39. The van der Waals surface area contributed by atoms with Gasteiger partial charge in [0, 0.05) is 5.56 Å². The highest BCUT2D eigenvalue weighted by molar-refractivity contribution is 14.1. The van der Waals surface area contributed by atoms with Crippen LogP contribution >= 0.6 is 22.6 Å². The maximum atomic E-state index is 12.3. The summed E-state index contributed by atoms with van der Waals surface area (Å²) in [5.41, 5.74) is 5.28. The molecule has 0 aliphatic carbocycles. The standard InChI is InChI=1S/C7H7F2IN2O/c8-6(9)4-1-3(2-13)12-7(10)5(4)11/h1,6,13H,2,11H2. The van der Waals surface area contributed by atoms with Crippen LogP contribution in [0.15, 0.2) is 6.07 Å². The lowest BCUT2D eigenvalue weighted by Crippen LogP contribution is -2.03. The Kier molecular flexibility index (Phi) is 3.37. The van der Waals surface area contributed by atoms with Crippen molar-refractivity contribution < 1.29 is 13.9 Å². The van der Waals surface area contributed by atoms with E-state index in [-0.39, 0.29) is 23.6 Å². The summed E-state index contributed by atoms with van der Waals surface area (Å²) in [6.45, 7) is -0.365. The molecule has 1 aromatic heterocycles. The summed E-state index contributed by atoms with van der Waals surface area (Å²) in [5.74, 6) is 0. The minimum absolute atomic E-state index is 0.0206. The number of nitrogen functional groups attached to an aromatic ring is 1. The molecule has 0 spiro atoms. The summed E-state index contributed by atoms with van der Waals surface area (Å²) in [7, 11) is 0. The van der Waals surface area contributed by atoms with Gasteiger partial charge in [-0.15, -0.1) is 0 Å². The monoisotopic (exact) mass is 300 g/mol. The van der Waals surface area contributed by atoms with Crippen LogP contribution in [0.3, 0.4) is 0 Å². The van der Waals surface area contributed by atoms with Gasteiger partial charge in [-0.05, 0) is 28.7 Å². The van der Waals surface area contributed by atoms with Gasteiger partial charge in [-0.2, -0.15) is 0 Å². The van der Waals surface area contributed by atoms with Crippen LogP contribution in [0.2, 0.25) is 0 Å². The fourth-order valence-corrected chi connectivity index (χ4v) is 1.48. The zero-order chi connectivity index (χ0) is 10.0. The number of halogens is 3. The lowest BCUT2D eigenvalue weighted by Gasteiger charge is -2.07. The largest absolute Gasteiger partial charge is 0.396 e. The van der Waals surface area contributed by atoms with Gasteiger partial charge < -0.3 is 10.8 Å². The summed E-state index contributed by atoms with van der Waals surface area (Å²) >= 11 is 1.75. The summed E-state index contributed by atoms with van der Waals surface area (Å²) < 4.78 is 25.0. The molecule has 0 fully saturated rings. The number of aliphatic hydroxyl groups excluding tert-OH is 1. The molecular formula is C7H7F2IN2O. The molecule has 6 heteroatoms. The van der Waals surface area contributed by atoms with E-state index in [2.05, 4.69) is 4.98 Å². The number of hydrogen-bond acceptors (Lipinski definition) is 3. The molecule has 1 aromatic rings. The molecule has 0 atom stereocenters. The molecule has 0 aliphatic rings. The fraction of sp³-hybridized carbons (Fsp3) is 0.286. The molecule has 0 aliphatic heterocycles. The zero-order valence-corrected chi connectivity index (χ0v) is 8.62. The van der Waals surface area contributed by atoms with Gasteiger partial charge in [0.05, 0.1) is 18.0 Å². The zero-order valence-electron chi connectivity index (χ0n) is 6.47. The SMILES string of the molecule is Nc1c(C(F)F)cc(CO)nc1I. The molecule has 0 amide bonds. The molecule has 72 valence electrons. The summed E-state index contributed by atoms with van der Waals surface area (Å²) in [6.07, 6.45) is -2.64. The van der Waals surface area contributed by atoms with Crippen molar-refractivity contribution in [3.05, 3.63) is 21.0 Å². The average molecular weight is 300 g/mol. The minimum atomic E-state index is -2.64. The Bertz CT molecular complexity index is 320. The Morgan fingerprint density at radius 3 is 2.69 bits per heavy atom. The normalized spacial score (nSPS) is 10.8. The Balaban J connectivity index is 3.25. The van der Waals surface area contributed by atoms with E-state index in [0.29, 0.717) is 3.70 Å². The number of pyridine rings is 1. The first-order valence-corrected chi connectivity index (χ1v) is 4.48. The first kappa shape index (κ1) is 10.6. The highest BCUT2D eigenvalue weighted by Crippen LogP contribution is 2.28. The molecule has 3 N–H and O–H groups in total. The maximum Gasteiger partial charge on any atom is 0.265 e. The molecule has 1 heterocycles. The number of alkyl halides is 2. The average Bonchev–Trinajstić information content (AvgIpc) is 2.09. The number of hydrogen-bond donors (Lipinski definition) is 2. The van der Waals surface area contributed by atoms with Crippen molar-refractivity contribution in [1.82, 2.24) is 4.98 Å². The Hall–Kier alpha value is -0.500. The topological polar surface area (TPSA) is 59.1 Å². The minimum Gasteiger partial charge on any atom is -0.396 e. The van der Waals surface area contributed by atoms with Crippen molar-refractivity contribution in [2.45, 2.75) is 13.0 Å². The smallest absolute Gasteiger partial charge is 0.265 e. The van der Waals surface area contributed by atoms with Crippen molar-refractivity contribution in [1.29, 1.82) is 0 Å². The molecule has 0 unspecified atom stereocenters. The Morgan fingerprint density at radius 2 is 2.23 bits per heavy atom. The summed E-state index contributed by atoms with van der Waals surface area (Å²) in [4.78, 5) is 3.81. The summed E-state index contributed by atoms with van der Waals surface area (Å²) in [5, 5.41) is 8.71. The second kappa shape index (κ2) is 4.14. The highest BCUT2D eigenvalue weighted by atomic mass is 127. The molecule has 0 saturated carbocycles. The van der Waals surface area contributed by atoms with Gasteiger partial charge in [0.25, 0.3) is 6.43 Å². The number of anilines is 1. The van der Waals surface area contributed by atoms with Gasteiger partial charge in [-0.25, -0.2) is 13.8 Å². The second-order valence-electron chi connectivity index (χ2n) is 2.37. The quantitative estimate of drug-likeness (QED) is 0.645. The third kappa shape index (κ3) is 2.25. The van der Waals surface area contributed by atoms with E-state index < -0.39 is 6.43 Å². The Labute approximate surface area is 87.1 Å². The van der Waals surface area contributed by atoms with Crippen LogP contribution in [-0.2, 0) is 6.61 Å². The predicted molar refractivity (Wildman–Crippen MR) is 52.2 cm³/mol. The van der Waals surface area contributed by atoms with Crippen LogP contribution in [0.5, 0.6) is 0 Å². The first-order valence-electron chi connectivity index (χ1n) is 3.40. The van der Waals surface area contributed by atoms with Crippen molar-refractivity contribution in [2.75, 3.05) is 5.73 Å². The van der Waals surface area contributed by atoms with Gasteiger partial charge in [-0.3, -0.25) is 0 Å². The van der Waals surface area contributed by atoms with Gasteiger partial charge in [-0.1, -0.05) is 0 Å². The van der Waals surface area contributed by atoms with E-state index in [1.807, 2.05) is 0 Å². The van der Waals surface area contributed by atoms with E-state index in [1.165, 1.54) is 0 Å². The molecule has 0 aromatic carbocycles. The molecule has 0 bridgehead atoms. The van der Waals surface area contributed by atoms with Crippen molar-refractivity contribution in [2.24, 2.45) is 0 Å². The third-order valence-corrected chi connectivity index (χ3v) is 2.32. The summed E-state index contributed by atoms with van der Waals surface area (Å²) in [6, 6.07) is 1.11. The molecule has 3 nitrogen and oxygen atoms in total. The fourth-order valence-electron chi connectivity index (χ4n) is 0.856. The van der Waals surface area contributed by atoms with Crippen LogP contribution in [0, 0.1) is 3.70 Å². The van der Waals surface area contributed by atoms with Crippen molar-refractivity contribution in [3.8, 4) is 0 Å². The first-order chi connectivity index (χ1) is 6.06. The molecule has 0 radical (unpaired) electrons. The van der Waals surface area contributed by atoms with Crippen LogP contribution in [0.1, 0.15) is 17.7 Å². The highest BCUT2D eigenvalue weighted by Gasteiger charge is 2.15. The third-order valence-electron chi connectivity index (χ3n) is 1.49. The van der Waals surface area contributed by atoms with Gasteiger partial charge in [0.15, 0.2) is 0 Å². The van der Waals surface area contributed by atoms with Crippen molar-refractivity contribution in [3.63, 3.8) is 0 Å². The van der Waals surface area contributed by atoms with Crippen LogP contribution < -0.4 is 5.73 Å². The molecular weight excluding hydrogens is 293 g/mol. The van der Waals surface area contributed by atoms with Crippen LogP contribution in [-0.4, -0.2) is 10.1 Å². The van der Waals surface area contributed by atoms with E-state index in [9.17, 15) is 8.78 Å². The number of nitrogens with two attached hydrogens (primary N) is 1. The lowest BCUT2D eigenvalue weighted by atomic mass is 10.2. The lowest BCUT2D eigenvalue weighted by molar-refractivity contribution is 0.151. The molecule has 13 heavy (non-hydrogen) atoms. The van der Waals surface area contributed by atoms with Gasteiger partial charge in [0.1, 0.15) is 3.70 Å². The van der Waals surface area contributed by atoms with Crippen molar-refractivity contribution >= 4 is 28.3 Å². The number of aliphatic hydroxyl groups is 1. The Morgan fingerprint density at radius 1 is 1.62 bits per heavy atom. The van der Waals surface area contributed by atoms with Gasteiger partial charge in [0.2, 0.25) is 0 Å². The molecule has 1 rings (SSSR count). The van der Waals surface area contributed by atoms with E-state index in [1.54, 1.807) is 22.6 Å². The van der Waals surface area contributed by atoms with Crippen LogP contribution in [0.25, 0.3) is 0 Å².